The van der Waals surface area contributed by atoms with E-state index in [4.69, 9.17) is 4.98 Å². The Labute approximate surface area is 172 Å². The van der Waals surface area contributed by atoms with Crippen molar-refractivity contribution >= 4 is 0 Å². The molecule has 1 aromatic carbocycles. The zero-order valence-electron chi connectivity index (χ0n) is 19.2. The molecule has 0 fully saturated rings. The number of aromatic nitrogens is 1. The zero-order valence-corrected chi connectivity index (χ0v) is 19.2. The maximum absolute atomic E-state index is 5.51. The molecule has 0 aliphatic heterocycles. The average Bonchev–Trinajstić information content (AvgIpc) is 2.62. The Balaban J connectivity index is 2.20. The smallest absolute Gasteiger partial charge is 0.0746 e. The summed E-state index contributed by atoms with van der Waals surface area (Å²) in [6, 6.07) is 10.9. The standard InChI is InChI=1S/C27H37N/c1-24(2)14-15-25(3,4)20-19(24)21-23(27(7,8)17-16-26(21,5)6)28-22(20)18-12-10-9-11-13-18/h9-13H,14-17H2,1-8H3. The predicted octanol–water partition coefficient (Wildman–Crippen LogP) is 7.45. The van der Waals surface area contributed by atoms with Gasteiger partial charge in [0.05, 0.1) is 11.4 Å². The van der Waals surface area contributed by atoms with Gasteiger partial charge in [-0.05, 0) is 58.6 Å². The third kappa shape index (κ3) is 2.85. The van der Waals surface area contributed by atoms with Crippen LogP contribution in [0.15, 0.2) is 30.3 Å². The van der Waals surface area contributed by atoms with Crippen molar-refractivity contribution in [2.75, 3.05) is 0 Å². The number of fused-ring (bicyclic) bond motifs is 3. The van der Waals surface area contributed by atoms with Crippen LogP contribution >= 0.6 is 0 Å². The van der Waals surface area contributed by atoms with Gasteiger partial charge in [-0.3, -0.25) is 4.98 Å². The lowest BCUT2D eigenvalue weighted by atomic mass is 9.55. The Morgan fingerprint density at radius 3 is 1.61 bits per heavy atom. The number of rotatable bonds is 1. The second-order valence-electron chi connectivity index (χ2n) is 11.8. The Bertz CT molecular complexity index is 913. The van der Waals surface area contributed by atoms with Crippen LogP contribution in [0.1, 0.15) is 103 Å². The van der Waals surface area contributed by atoms with Gasteiger partial charge in [-0.2, -0.15) is 0 Å². The van der Waals surface area contributed by atoms with Gasteiger partial charge < -0.3 is 0 Å². The number of benzene rings is 1. The van der Waals surface area contributed by atoms with Crippen molar-refractivity contribution in [2.24, 2.45) is 0 Å². The van der Waals surface area contributed by atoms with E-state index in [1.54, 1.807) is 11.1 Å². The molecule has 0 atom stereocenters. The minimum absolute atomic E-state index is 0.126. The first-order valence-electron chi connectivity index (χ1n) is 11.0. The molecule has 4 rings (SSSR count). The van der Waals surface area contributed by atoms with E-state index in [-0.39, 0.29) is 21.7 Å². The highest BCUT2D eigenvalue weighted by atomic mass is 14.8. The number of hydrogen-bond donors (Lipinski definition) is 0. The first kappa shape index (κ1) is 19.7. The van der Waals surface area contributed by atoms with Crippen molar-refractivity contribution in [1.29, 1.82) is 0 Å². The fourth-order valence-electron chi connectivity index (χ4n) is 5.62. The third-order valence-electron chi connectivity index (χ3n) is 7.67. The van der Waals surface area contributed by atoms with E-state index < -0.39 is 0 Å². The zero-order chi connectivity index (χ0) is 20.5. The normalized spacial score (nSPS) is 23.6. The summed E-state index contributed by atoms with van der Waals surface area (Å²) < 4.78 is 0. The van der Waals surface area contributed by atoms with Crippen molar-refractivity contribution in [2.45, 2.75) is 103 Å². The van der Waals surface area contributed by atoms with Gasteiger partial charge in [0.15, 0.2) is 0 Å². The first-order valence-corrected chi connectivity index (χ1v) is 11.0. The molecule has 1 nitrogen and oxygen atoms in total. The van der Waals surface area contributed by atoms with E-state index in [9.17, 15) is 0 Å². The minimum atomic E-state index is 0.126. The van der Waals surface area contributed by atoms with Crippen molar-refractivity contribution in [3.05, 3.63) is 52.7 Å². The Kier molecular flexibility index (Phi) is 4.17. The summed E-state index contributed by atoms with van der Waals surface area (Å²) in [4.78, 5) is 5.51. The highest BCUT2D eigenvalue weighted by Gasteiger charge is 2.48. The van der Waals surface area contributed by atoms with Gasteiger partial charge in [0.2, 0.25) is 0 Å². The summed E-state index contributed by atoms with van der Waals surface area (Å²) >= 11 is 0. The van der Waals surface area contributed by atoms with Gasteiger partial charge in [-0.15, -0.1) is 0 Å². The molecule has 0 bridgehead atoms. The van der Waals surface area contributed by atoms with Crippen LogP contribution in [0, 0.1) is 0 Å². The summed E-state index contributed by atoms with van der Waals surface area (Å²) in [7, 11) is 0. The third-order valence-corrected chi connectivity index (χ3v) is 7.67. The summed E-state index contributed by atoms with van der Waals surface area (Å²) in [5, 5.41) is 0. The van der Waals surface area contributed by atoms with Crippen molar-refractivity contribution in [1.82, 2.24) is 4.98 Å². The highest BCUT2D eigenvalue weighted by Crippen LogP contribution is 2.56. The molecule has 0 spiro atoms. The van der Waals surface area contributed by atoms with Crippen LogP contribution in [-0.4, -0.2) is 4.98 Å². The molecule has 0 radical (unpaired) electrons. The molecular weight excluding hydrogens is 338 g/mol. The van der Waals surface area contributed by atoms with Crippen LogP contribution in [-0.2, 0) is 21.7 Å². The summed E-state index contributed by atoms with van der Waals surface area (Å²) in [6.45, 7) is 19.5. The SMILES string of the molecule is CC1(C)CCC(C)(C)c2c1nc(-c1ccccc1)c1c2C(C)(C)CCC1(C)C. The van der Waals surface area contributed by atoms with E-state index >= 15 is 0 Å². The second kappa shape index (κ2) is 5.94. The molecule has 0 saturated heterocycles. The largest absolute Gasteiger partial charge is 0.252 e. The fourth-order valence-corrected chi connectivity index (χ4v) is 5.62. The van der Waals surface area contributed by atoms with Gasteiger partial charge in [-0.25, -0.2) is 0 Å². The van der Waals surface area contributed by atoms with Gasteiger partial charge in [0.1, 0.15) is 0 Å². The molecule has 2 aliphatic rings. The lowest BCUT2D eigenvalue weighted by molar-refractivity contribution is 0.289. The lowest BCUT2D eigenvalue weighted by Crippen LogP contribution is -2.43. The number of hydrogen-bond acceptors (Lipinski definition) is 1. The molecule has 0 N–H and O–H groups in total. The van der Waals surface area contributed by atoms with E-state index in [0.717, 1.165) is 0 Å². The maximum atomic E-state index is 5.51. The van der Waals surface area contributed by atoms with Gasteiger partial charge in [-0.1, -0.05) is 85.7 Å². The molecule has 1 heteroatoms. The predicted molar refractivity (Wildman–Crippen MR) is 120 cm³/mol. The molecule has 28 heavy (non-hydrogen) atoms. The van der Waals surface area contributed by atoms with Crippen LogP contribution in [0.5, 0.6) is 0 Å². The lowest BCUT2D eigenvalue weighted by Gasteiger charge is -2.50. The molecule has 0 unspecified atom stereocenters. The van der Waals surface area contributed by atoms with E-state index in [1.807, 2.05) is 0 Å². The van der Waals surface area contributed by atoms with Gasteiger partial charge in [0.25, 0.3) is 0 Å². The van der Waals surface area contributed by atoms with Crippen LogP contribution in [0.4, 0.5) is 0 Å². The molecule has 0 amide bonds. The monoisotopic (exact) mass is 375 g/mol. The van der Waals surface area contributed by atoms with E-state index in [0.29, 0.717) is 0 Å². The van der Waals surface area contributed by atoms with Crippen molar-refractivity contribution in [3.8, 4) is 11.3 Å². The van der Waals surface area contributed by atoms with Crippen LogP contribution in [0.3, 0.4) is 0 Å². The Morgan fingerprint density at radius 2 is 1.04 bits per heavy atom. The highest BCUT2D eigenvalue weighted by molar-refractivity contribution is 5.71. The molecule has 2 aliphatic carbocycles. The molecule has 2 aromatic rings. The number of pyridine rings is 1. The van der Waals surface area contributed by atoms with Crippen LogP contribution < -0.4 is 0 Å². The van der Waals surface area contributed by atoms with Crippen LogP contribution in [0.25, 0.3) is 11.3 Å². The maximum Gasteiger partial charge on any atom is 0.0746 e. The molecule has 1 heterocycles. The van der Waals surface area contributed by atoms with E-state index in [2.05, 4.69) is 85.7 Å². The molecule has 1 aromatic heterocycles. The minimum Gasteiger partial charge on any atom is -0.252 e. The summed E-state index contributed by atoms with van der Waals surface area (Å²) in [5.74, 6) is 0. The van der Waals surface area contributed by atoms with Crippen molar-refractivity contribution < 1.29 is 0 Å². The van der Waals surface area contributed by atoms with Gasteiger partial charge >= 0.3 is 0 Å². The molecule has 150 valence electrons. The average molecular weight is 376 g/mol. The van der Waals surface area contributed by atoms with Crippen LogP contribution in [0.2, 0.25) is 0 Å². The fraction of sp³-hybridized carbons (Fsp3) is 0.593. The second-order valence-corrected chi connectivity index (χ2v) is 11.8. The Morgan fingerprint density at radius 1 is 0.571 bits per heavy atom. The summed E-state index contributed by atoms with van der Waals surface area (Å²) in [6.07, 6.45) is 4.91. The topological polar surface area (TPSA) is 12.9 Å². The molecular formula is C27H37N. The number of nitrogens with zero attached hydrogens (tertiary/aromatic N) is 1. The first-order chi connectivity index (χ1) is 12.9. The van der Waals surface area contributed by atoms with Gasteiger partial charge in [0, 0.05) is 11.0 Å². The van der Waals surface area contributed by atoms with Crippen molar-refractivity contribution in [3.63, 3.8) is 0 Å². The Hall–Kier alpha value is -1.63. The molecule has 0 saturated carbocycles. The van der Waals surface area contributed by atoms with E-state index in [1.165, 1.54) is 48.2 Å². The summed E-state index contributed by atoms with van der Waals surface area (Å²) in [5.41, 5.74) is 9.20. The quantitative estimate of drug-likeness (QED) is 0.504.